The number of Topliss-reactive ketones (excluding diaryl/α,β-unsaturated/α-hetero) is 1. The van der Waals surface area contributed by atoms with Crippen LogP contribution in [0.25, 0.3) is 0 Å². The van der Waals surface area contributed by atoms with E-state index in [1.807, 2.05) is 0 Å². The van der Waals surface area contributed by atoms with Crippen molar-refractivity contribution >= 4 is 11.7 Å². The molecule has 3 N–H and O–H groups in total. The molecule has 0 aliphatic carbocycles. The number of halogens is 1. The third kappa shape index (κ3) is 3.31. The Morgan fingerprint density at radius 3 is 2.61 bits per heavy atom. The molecule has 148 valence electrons. The van der Waals surface area contributed by atoms with Crippen LogP contribution in [0.3, 0.4) is 0 Å². The second kappa shape index (κ2) is 7.19. The van der Waals surface area contributed by atoms with Crippen molar-refractivity contribution in [1.82, 2.24) is 5.06 Å². The predicted octanol–water partition coefficient (Wildman–Crippen LogP) is 1.63. The van der Waals surface area contributed by atoms with Crippen molar-refractivity contribution in [3.8, 4) is 11.5 Å². The normalized spacial score (nSPS) is 21.1. The van der Waals surface area contributed by atoms with Crippen LogP contribution in [0.2, 0.25) is 0 Å². The fraction of sp³-hybridized carbons (Fsp3) is 0.263. The first-order valence-corrected chi connectivity index (χ1v) is 8.26. The molecule has 0 saturated carbocycles. The Hall–Kier alpha value is -3.01. The number of rotatable bonds is 4. The molecular weight excluding hydrogens is 373 g/mol. The Kier molecular flexibility index (Phi) is 5.07. The number of carbonyl (C=O) groups is 2. The summed E-state index contributed by atoms with van der Waals surface area (Å²) >= 11 is 0. The van der Waals surface area contributed by atoms with Gasteiger partial charge in [-0.2, -0.15) is 0 Å². The number of phenolic OH excluding ortho intramolecular Hbond substituents is 2. The lowest BCUT2D eigenvalue weighted by Crippen LogP contribution is -2.48. The summed E-state index contributed by atoms with van der Waals surface area (Å²) in [6.45, 7) is 0.827. The number of benzene rings is 2. The number of fused-ring (bicyclic) bond motifs is 1. The average molecular weight is 391 g/mol. The van der Waals surface area contributed by atoms with Crippen LogP contribution in [-0.4, -0.2) is 39.1 Å². The van der Waals surface area contributed by atoms with Crippen LogP contribution in [0.4, 0.5) is 4.39 Å². The number of ether oxygens (including phenoxy) is 1. The van der Waals surface area contributed by atoms with E-state index in [-0.39, 0.29) is 29.0 Å². The molecule has 3 rings (SSSR count). The predicted molar refractivity (Wildman–Crippen MR) is 92.1 cm³/mol. The monoisotopic (exact) mass is 391 g/mol. The van der Waals surface area contributed by atoms with Crippen LogP contribution in [0.1, 0.15) is 29.7 Å². The smallest absolute Gasteiger partial charge is 0.313 e. The number of likely N-dealkylation sites (N-methyl/N-ethyl adjacent to an activating group) is 1. The number of ketones is 1. The molecule has 0 spiro atoms. The molecule has 9 heteroatoms. The minimum absolute atomic E-state index is 0.0909. The van der Waals surface area contributed by atoms with Gasteiger partial charge in [-0.25, -0.2) is 14.3 Å². The number of aromatic hydroxyl groups is 2. The summed E-state index contributed by atoms with van der Waals surface area (Å²) in [7, 11) is 1.09. The highest BCUT2D eigenvalue weighted by Gasteiger charge is 2.51. The van der Waals surface area contributed by atoms with E-state index < -0.39 is 35.1 Å². The van der Waals surface area contributed by atoms with Crippen molar-refractivity contribution in [2.75, 3.05) is 7.05 Å². The van der Waals surface area contributed by atoms with Gasteiger partial charge in [-0.05, 0) is 17.7 Å². The van der Waals surface area contributed by atoms with Gasteiger partial charge in [0.05, 0.1) is 12.2 Å². The summed E-state index contributed by atoms with van der Waals surface area (Å²) in [6, 6.07) is 7.64. The van der Waals surface area contributed by atoms with Gasteiger partial charge in [0.15, 0.2) is 0 Å². The minimum Gasteiger partial charge on any atom is -0.508 e. The molecule has 2 atom stereocenters. The fourth-order valence-electron chi connectivity index (χ4n) is 3.17. The number of aliphatic hydroxyl groups is 1. The Bertz CT molecular complexity index is 948. The maximum Gasteiger partial charge on any atom is 0.313 e. The molecule has 8 nitrogen and oxygen atoms in total. The van der Waals surface area contributed by atoms with Gasteiger partial charge in [0.1, 0.15) is 23.4 Å². The Morgan fingerprint density at radius 1 is 1.29 bits per heavy atom. The van der Waals surface area contributed by atoms with Crippen LogP contribution in [-0.2, 0) is 31.6 Å². The van der Waals surface area contributed by atoms with Crippen LogP contribution in [0, 0.1) is 5.82 Å². The molecule has 2 aromatic rings. The third-order valence-corrected chi connectivity index (χ3v) is 4.35. The first kappa shape index (κ1) is 19.7. The zero-order valence-electron chi connectivity index (χ0n) is 15.0. The Labute approximate surface area is 159 Å². The molecule has 0 saturated heterocycles. The lowest BCUT2D eigenvalue weighted by atomic mass is 9.87. The van der Waals surface area contributed by atoms with Gasteiger partial charge in [-0.1, -0.05) is 18.2 Å². The van der Waals surface area contributed by atoms with Gasteiger partial charge in [-0.3, -0.25) is 9.59 Å². The Balaban J connectivity index is 2.17. The van der Waals surface area contributed by atoms with E-state index >= 15 is 0 Å². The van der Waals surface area contributed by atoms with Gasteiger partial charge in [-0.15, -0.1) is 0 Å². The van der Waals surface area contributed by atoms with Crippen molar-refractivity contribution < 1.29 is 38.9 Å². The van der Waals surface area contributed by atoms with Gasteiger partial charge < -0.3 is 20.1 Å². The topological polar surface area (TPSA) is 117 Å². The highest BCUT2D eigenvalue weighted by atomic mass is 19.1. The highest BCUT2D eigenvalue weighted by molar-refractivity contribution is 6.34. The van der Waals surface area contributed by atoms with Crippen molar-refractivity contribution in [3.05, 3.63) is 58.9 Å². The average Bonchev–Trinajstić information content (AvgIpc) is 2.61. The molecule has 0 radical (unpaired) electrons. The largest absolute Gasteiger partial charge is 0.508 e. The molecule has 1 amide bonds. The number of phenols is 2. The molecule has 0 aromatic heterocycles. The molecule has 0 fully saturated rings. The number of hydroxylamine groups is 2. The Morgan fingerprint density at radius 2 is 1.96 bits per heavy atom. The lowest BCUT2D eigenvalue weighted by molar-refractivity contribution is -0.365. The maximum atomic E-state index is 14.4. The van der Waals surface area contributed by atoms with Crippen molar-refractivity contribution in [2.24, 2.45) is 0 Å². The van der Waals surface area contributed by atoms with Crippen LogP contribution in [0.5, 0.6) is 11.5 Å². The molecule has 2 unspecified atom stereocenters. The standard InChI is InChI=1S/C19H18FNO7/c1-10(22)18(25)21(2)28-19(26)16-11(7-12(23)8-15(16)24)9-27-17(19)13-5-3-4-6-14(13)20/h3-8,17,23-24,26H,9H2,1-2H3. The van der Waals surface area contributed by atoms with E-state index in [9.17, 15) is 29.3 Å². The first-order valence-electron chi connectivity index (χ1n) is 8.26. The number of amides is 1. The minimum atomic E-state index is -2.58. The zero-order chi connectivity index (χ0) is 20.6. The van der Waals surface area contributed by atoms with Crippen molar-refractivity contribution in [3.63, 3.8) is 0 Å². The summed E-state index contributed by atoms with van der Waals surface area (Å²) < 4.78 is 20.0. The fourth-order valence-corrected chi connectivity index (χ4v) is 3.17. The molecule has 28 heavy (non-hydrogen) atoms. The molecule has 1 aliphatic rings. The molecule has 1 heterocycles. The molecule has 0 bridgehead atoms. The van der Waals surface area contributed by atoms with E-state index in [0.717, 1.165) is 26.1 Å². The third-order valence-electron chi connectivity index (χ3n) is 4.35. The van der Waals surface area contributed by atoms with E-state index in [0.29, 0.717) is 5.06 Å². The van der Waals surface area contributed by atoms with Gasteiger partial charge in [0.25, 0.3) is 5.79 Å². The molecule has 1 aliphatic heterocycles. The summed E-state index contributed by atoms with van der Waals surface area (Å²) in [5.41, 5.74) is -0.143. The highest BCUT2D eigenvalue weighted by Crippen LogP contribution is 2.49. The van der Waals surface area contributed by atoms with E-state index in [1.54, 1.807) is 0 Å². The lowest BCUT2D eigenvalue weighted by Gasteiger charge is -2.42. The van der Waals surface area contributed by atoms with Gasteiger partial charge in [0.2, 0.25) is 5.78 Å². The molecular formula is C19H18FNO7. The van der Waals surface area contributed by atoms with Crippen LogP contribution >= 0.6 is 0 Å². The summed E-state index contributed by atoms with van der Waals surface area (Å²) in [5, 5.41) is 31.9. The summed E-state index contributed by atoms with van der Waals surface area (Å²) in [6.07, 6.45) is -1.49. The van der Waals surface area contributed by atoms with Gasteiger partial charge in [0, 0.05) is 25.6 Å². The summed E-state index contributed by atoms with van der Waals surface area (Å²) in [5.74, 6) is -6.07. The summed E-state index contributed by atoms with van der Waals surface area (Å²) in [4.78, 5) is 28.7. The van der Waals surface area contributed by atoms with Crippen molar-refractivity contribution in [2.45, 2.75) is 25.4 Å². The van der Waals surface area contributed by atoms with Crippen LogP contribution in [0.15, 0.2) is 36.4 Å². The number of hydrogen-bond donors (Lipinski definition) is 3. The number of hydrogen-bond acceptors (Lipinski definition) is 7. The van der Waals surface area contributed by atoms with Gasteiger partial charge >= 0.3 is 5.91 Å². The zero-order valence-corrected chi connectivity index (χ0v) is 15.0. The quantitative estimate of drug-likeness (QED) is 0.412. The number of carbonyl (C=O) groups excluding carboxylic acids is 2. The second-order valence-electron chi connectivity index (χ2n) is 6.36. The SMILES string of the molecule is CC(=O)C(=O)N(C)OC1(O)c2c(O)cc(O)cc2COC1c1ccccc1F. The second-order valence-corrected chi connectivity index (χ2v) is 6.36. The maximum absolute atomic E-state index is 14.4. The molecule has 2 aromatic carbocycles. The van der Waals surface area contributed by atoms with E-state index in [1.165, 1.54) is 24.3 Å². The first-order chi connectivity index (χ1) is 13.1. The number of nitrogens with zero attached hydrogens (tertiary/aromatic N) is 1. The van der Waals surface area contributed by atoms with Crippen molar-refractivity contribution in [1.29, 1.82) is 0 Å². The van der Waals surface area contributed by atoms with E-state index in [2.05, 4.69) is 0 Å². The van der Waals surface area contributed by atoms with Crippen LogP contribution < -0.4 is 0 Å². The van der Waals surface area contributed by atoms with E-state index in [4.69, 9.17) is 9.57 Å².